The minimum atomic E-state index is -0.949. The summed E-state index contributed by atoms with van der Waals surface area (Å²) in [6.07, 6.45) is 1.72. The first-order valence-electron chi connectivity index (χ1n) is 10.8. The van der Waals surface area contributed by atoms with E-state index in [-0.39, 0.29) is 18.5 Å². The van der Waals surface area contributed by atoms with Gasteiger partial charge in [0.1, 0.15) is 12.4 Å². The van der Waals surface area contributed by atoms with Crippen LogP contribution in [0.15, 0.2) is 48.7 Å². The summed E-state index contributed by atoms with van der Waals surface area (Å²) >= 11 is 5.93. The van der Waals surface area contributed by atoms with Gasteiger partial charge < -0.3 is 25.5 Å². The third kappa shape index (κ3) is 4.80. The van der Waals surface area contributed by atoms with Crippen LogP contribution in [-0.2, 0) is 4.79 Å². The lowest BCUT2D eigenvalue weighted by Crippen LogP contribution is -2.60. The van der Waals surface area contributed by atoms with Crippen molar-refractivity contribution in [1.29, 1.82) is 0 Å². The van der Waals surface area contributed by atoms with Gasteiger partial charge >= 0.3 is 5.97 Å². The molecule has 3 aromatic rings. The van der Waals surface area contributed by atoms with Crippen molar-refractivity contribution < 1.29 is 9.90 Å². The van der Waals surface area contributed by atoms with Crippen LogP contribution >= 0.6 is 12.2 Å². The minimum absolute atomic E-state index is 0.0648. The van der Waals surface area contributed by atoms with Gasteiger partial charge in [-0.3, -0.25) is 9.78 Å². The lowest BCUT2D eigenvalue weighted by atomic mass is 9.99. The number of fused-ring (bicyclic) bond motifs is 1. The molecule has 1 fully saturated rings. The Balaban J connectivity index is 1.65. The minimum Gasteiger partial charge on any atom is -0.480 e. The maximum atomic E-state index is 11.8. The van der Waals surface area contributed by atoms with Gasteiger partial charge in [-0.1, -0.05) is 19.9 Å². The van der Waals surface area contributed by atoms with E-state index in [0.29, 0.717) is 30.6 Å². The molecule has 9 nitrogen and oxygen atoms in total. The summed E-state index contributed by atoms with van der Waals surface area (Å²) in [5, 5.41) is 19.2. The van der Waals surface area contributed by atoms with E-state index in [1.807, 2.05) is 36.4 Å². The Bertz CT molecular complexity index is 1150. The van der Waals surface area contributed by atoms with Crippen LogP contribution in [0.2, 0.25) is 0 Å². The molecule has 0 saturated carbocycles. The topological polar surface area (TPSA) is 112 Å². The molecule has 1 atom stereocenters. The number of pyridine rings is 1. The summed E-state index contributed by atoms with van der Waals surface area (Å²) in [7, 11) is 0. The highest BCUT2D eigenvalue weighted by Crippen LogP contribution is 2.29. The number of aliphatic carboxylic acids is 1. The van der Waals surface area contributed by atoms with Crippen molar-refractivity contribution in [2.45, 2.75) is 19.9 Å². The van der Waals surface area contributed by atoms with Gasteiger partial charge in [0.25, 0.3) is 0 Å². The molecule has 0 bridgehead atoms. The Labute approximate surface area is 197 Å². The molecular formula is C23H27N7O2S. The first-order chi connectivity index (χ1) is 15.8. The molecule has 1 aromatic carbocycles. The standard InChI is InChI=1S/C23H27N7O2S/c1-15(2)19-13-28(21-9-8-20(24)26-27-21)11-12-29(19)23(33)30(14-22(31)32)18-7-3-6-17-16(18)5-4-10-25-17/h3-10,15,19H,11-14H2,1-2H3,(H2,24,26)(H,31,32). The predicted octanol–water partition coefficient (Wildman–Crippen LogP) is 2.63. The Hall–Kier alpha value is -3.53. The van der Waals surface area contributed by atoms with Crippen LogP contribution in [0.25, 0.3) is 10.9 Å². The Morgan fingerprint density at radius 1 is 1.21 bits per heavy atom. The third-order valence-electron chi connectivity index (χ3n) is 5.87. The normalized spacial score (nSPS) is 16.3. The van der Waals surface area contributed by atoms with E-state index in [0.717, 1.165) is 22.4 Å². The van der Waals surface area contributed by atoms with Gasteiger partial charge in [0, 0.05) is 31.2 Å². The number of piperazine rings is 1. The van der Waals surface area contributed by atoms with Crippen LogP contribution in [0.1, 0.15) is 13.8 Å². The molecule has 3 N–H and O–H groups in total. The summed E-state index contributed by atoms with van der Waals surface area (Å²) in [4.78, 5) is 22.2. The Morgan fingerprint density at radius 3 is 2.73 bits per heavy atom. The SMILES string of the molecule is CC(C)C1CN(c2ccc(N)nn2)CCN1C(=S)N(CC(=O)O)c1cccc2ncccc12. The number of carboxylic acids is 1. The molecule has 172 valence electrons. The van der Waals surface area contributed by atoms with E-state index in [9.17, 15) is 9.90 Å². The molecule has 3 heterocycles. The lowest BCUT2D eigenvalue weighted by molar-refractivity contribution is -0.135. The van der Waals surface area contributed by atoms with Crippen molar-refractivity contribution in [3.05, 3.63) is 48.7 Å². The molecule has 2 aromatic heterocycles. The maximum absolute atomic E-state index is 11.8. The Morgan fingerprint density at radius 2 is 2.03 bits per heavy atom. The number of anilines is 3. The van der Waals surface area contributed by atoms with Crippen molar-refractivity contribution >= 4 is 51.5 Å². The number of hydrogen-bond donors (Lipinski definition) is 2. The highest BCUT2D eigenvalue weighted by molar-refractivity contribution is 7.80. The molecule has 10 heteroatoms. The van der Waals surface area contributed by atoms with E-state index >= 15 is 0 Å². The number of nitrogens with two attached hydrogens (primary N) is 1. The molecule has 1 saturated heterocycles. The largest absolute Gasteiger partial charge is 0.480 e. The second-order valence-electron chi connectivity index (χ2n) is 8.38. The zero-order chi connectivity index (χ0) is 23.5. The zero-order valence-corrected chi connectivity index (χ0v) is 19.4. The number of rotatable bonds is 5. The first-order valence-corrected chi connectivity index (χ1v) is 11.2. The fraction of sp³-hybridized carbons (Fsp3) is 0.348. The van der Waals surface area contributed by atoms with Crippen LogP contribution in [0.5, 0.6) is 0 Å². The molecule has 1 aliphatic heterocycles. The quantitative estimate of drug-likeness (QED) is 0.545. The molecule has 0 amide bonds. The average molecular weight is 466 g/mol. The number of aromatic nitrogens is 3. The average Bonchev–Trinajstić information content (AvgIpc) is 2.82. The van der Waals surface area contributed by atoms with Gasteiger partial charge in [-0.25, -0.2) is 0 Å². The van der Waals surface area contributed by atoms with Crippen LogP contribution in [-0.4, -0.2) is 68.5 Å². The first kappa shape index (κ1) is 22.7. The number of carbonyl (C=O) groups is 1. The van der Waals surface area contributed by atoms with E-state index < -0.39 is 5.97 Å². The monoisotopic (exact) mass is 465 g/mol. The number of carboxylic acid groups (broad SMARTS) is 1. The van der Waals surface area contributed by atoms with Crippen molar-refractivity contribution in [1.82, 2.24) is 20.1 Å². The van der Waals surface area contributed by atoms with Gasteiger partial charge in [0.15, 0.2) is 10.9 Å². The fourth-order valence-corrected chi connectivity index (χ4v) is 4.59. The smallest absolute Gasteiger partial charge is 0.323 e. The van der Waals surface area contributed by atoms with Crippen LogP contribution < -0.4 is 15.5 Å². The summed E-state index contributed by atoms with van der Waals surface area (Å²) in [6.45, 7) is 6.05. The van der Waals surface area contributed by atoms with Crippen LogP contribution in [0, 0.1) is 5.92 Å². The third-order valence-corrected chi connectivity index (χ3v) is 6.32. The lowest BCUT2D eigenvalue weighted by Gasteiger charge is -2.46. The number of nitrogens with zero attached hydrogens (tertiary/aromatic N) is 6. The van der Waals surface area contributed by atoms with Crippen LogP contribution in [0.4, 0.5) is 17.3 Å². The van der Waals surface area contributed by atoms with E-state index in [4.69, 9.17) is 18.0 Å². The van der Waals surface area contributed by atoms with E-state index in [1.165, 1.54) is 0 Å². The molecule has 4 rings (SSSR count). The second-order valence-corrected chi connectivity index (χ2v) is 8.74. The molecule has 33 heavy (non-hydrogen) atoms. The van der Waals surface area contributed by atoms with Gasteiger partial charge in [-0.15, -0.1) is 10.2 Å². The van der Waals surface area contributed by atoms with Gasteiger partial charge in [0.05, 0.1) is 17.2 Å². The highest BCUT2D eigenvalue weighted by Gasteiger charge is 2.34. The number of thiocarbonyl (C=S) groups is 1. The second kappa shape index (κ2) is 9.53. The maximum Gasteiger partial charge on any atom is 0.323 e. The molecule has 1 unspecified atom stereocenters. The predicted molar refractivity (Wildman–Crippen MR) is 133 cm³/mol. The molecule has 0 aliphatic carbocycles. The fourth-order valence-electron chi connectivity index (χ4n) is 4.20. The summed E-state index contributed by atoms with van der Waals surface area (Å²) in [5.41, 5.74) is 7.22. The number of benzene rings is 1. The van der Waals surface area contributed by atoms with E-state index in [2.05, 4.69) is 38.8 Å². The summed E-state index contributed by atoms with van der Waals surface area (Å²) in [5.74, 6) is 0.472. The van der Waals surface area contributed by atoms with Gasteiger partial charge in [0.2, 0.25) is 0 Å². The van der Waals surface area contributed by atoms with Crippen molar-refractivity contribution in [3.63, 3.8) is 0 Å². The van der Waals surface area contributed by atoms with Crippen molar-refractivity contribution in [3.8, 4) is 0 Å². The number of hydrogen-bond acceptors (Lipinski definition) is 7. The van der Waals surface area contributed by atoms with Crippen molar-refractivity contribution in [2.75, 3.05) is 41.7 Å². The molecule has 0 radical (unpaired) electrons. The van der Waals surface area contributed by atoms with Crippen LogP contribution in [0.3, 0.4) is 0 Å². The molecule has 0 spiro atoms. The summed E-state index contributed by atoms with van der Waals surface area (Å²) in [6, 6.07) is 13.1. The van der Waals surface area contributed by atoms with Gasteiger partial charge in [-0.05, 0) is 54.5 Å². The number of nitrogen functional groups attached to an aromatic ring is 1. The zero-order valence-electron chi connectivity index (χ0n) is 18.6. The van der Waals surface area contributed by atoms with E-state index in [1.54, 1.807) is 17.2 Å². The van der Waals surface area contributed by atoms with Crippen molar-refractivity contribution in [2.24, 2.45) is 5.92 Å². The highest BCUT2D eigenvalue weighted by atomic mass is 32.1. The molecular weight excluding hydrogens is 438 g/mol. The molecule has 1 aliphatic rings. The summed E-state index contributed by atoms with van der Waals surface area (Å²) < 4.78 is 0. The Kier molecular flexibility index (Phi) is 6.55. The van der Waals surface area contributed by atoms with Gasteiger partial charge in [-0.2, -0.15) is 0 Å².